The van der Waals surface area contributed by atoms with Gasteiger partial charge < -0.3 is 30.3 Å². The van der Waals surface area contributed by atoms with Crippen LogP contribution in [-0.2, 0) is 4.74 Å². The molecule has 1 saturated heterocycles. The van der Waals surface area contributed by atoms with Crippen molar-refractivity contribution in [1.29, 1.82) is 0 Å². The normalized spacial score (nSPS) is 40.7. The number of aliphatic hydroxyl groups excluding tert-OH is 4. The second kappa shape index (κ2) is 5.05. The van der Waals surface area contributed by atoms with Gasteiger partial charge >= 0.3 is 0 Å². The third-order valence-corrected chi connectivity index (χ3v) is 4.36. The number of ether oxygens (including phenoxy) is 1. The average Bonchev–Trinajstić information content (AvgIpc) is 3.13. The minimum Gasteiger partial charge on any atom is -0.394 e. The summed E-state index contributed by atoms with van der Waals surface area (Å²) in [5, 5.41) is 49.7. The lowest BCUT2D eigenvalue weighted by atomic mass is 10.1. The first-order valence-corrected chi connectivity index (χ1v) is 7.38. The predicted octanol–water partition coefficient (Wildman–Crippen LogP) is -4.44. The summed E-state index contributed by atoms with van der Waals surface area (Å²) in [6.07, 6.45) is -2.85. The standard InChI is InChI=1S/C13H17N5O6/c1-13(23)11(22)17-2-5-9(15-12(17)16-13)18(4-14-5)10-8(21)7(20)6(3-19)24-10/h2,4,6-8,10-11,19-23H,3H2,1H3/t6-,7-,8-,10-,11?,13?/m1/s1. The van der Waals surface area contributed by atoms with Crippen molar-refractivity contribution in [3.63, 3.8) is 0 Å². The number of aliphatic hydroxyl groups is 5. The first-order valence-electron chi connectivity index (χ1n) is 7.38. The van der Waals surface area contributed by atoms with Crippen molar-refractivity contribution >= 4 is 12.2 Å². The molecule has 3 aliphatic heterocycles. The van der Waals surface area contributed by atoms with E-state index < -0.39 is 43.1 Å². The minimum atomic E-state index is -1.70. The fraction of sp³-hybridized carbons (Fsp3) is 0.615. The van der Waals surface area contributed by atoms with Crippen LogP contribution in [0.4, 0.5) is 0 Å². The Hall–Kier alpha value is -1.89. The molecule has 3 aliphatic rings. The molecule has 0 radical (unpaired) electrons. The Balaban J connectivity index is 1.78. The Bertz CT molecular complexity index is 819. The van der Waals surface area contributed by atoms with E-state index in [4.69, 9.17) is 4.74 Å². The number of guanidine groups is 1. The summed E-state index contributed by atoms with van der Waals surface area (Å²) in [6.45, 7) is 0.912. The molecule has 11 nitrogen and oxygen atoms in total. The molecule has 0 aromatic carbocycles. The maximum Gasteiger partial charge on any atom is 0.232 e. The minimum absolute atomic E-state index is 0.0912. The summed E-state index contributed by atoms with van der Waals surface area (Å²) in [7, 11) is 0. The molecule has 1 aromatic heterocycles. The molecule has 6 atom stereocenters. The van der Waals surface area contributed by atoms with Crippen LogP contribution in [0.3, 0.4) is 0 Å². The van der Waals surface area contributed by atoms with Gasteiger partial charge in [0.05, 0.1) is 12.9 Å². The topological polar surface area (TPSA) is 156 Å². The molecule has 2 unspecified atom stereocenters. The van der Waals surface area contributed by atoms with E-state index in [0.29, 0.717) is 10.8 Å². The Morgan fingerprint density at radius 1 is 1.29 bits per heavy atom. The van der Waals surface area contributed by atoms with Crippen LogP contribution in [0.2, 0.25) is 0 Å². The highest BCUT2D eigenvalue weighted by molar-refractivity contribution is 5.87. The number of aromatic nitrogens is 2. The van der Waals surface area contributed by atoms with Gasteiger partial charge in [0, 0.05) is 6.20 Å². The van der Waals surface area contributed by atoms with Crippen LogP contribution in [0.15, 0.2) is 16.3 Å². The van der Waals surface area contributed by atoms with Crippen molar-refractivity contribution in [2.75, 3.05) is 6.61 Å². The van der Waals surface area contributed by atoms with E-state index in [1.807, 2.05) is 0 Å². The fourth-order valence-corrected chi connectivity index (χ4v) is 3.00. The Labute approximate surface area is 135 Å². The van der Waals surface area contributed by atoms with Crippen molar-refractivity contribution in [1.82, 2.24) is 14.5 Å². The van der Waals surface area contributed by atoms with Gasteiger partial charge in [-0.15, -0.1) is 0 Å². The van der Waals surface area contributed by atoms with Gasteiger partial charge in [-0.1, -0.05) is 0 Å². The summed E-state index contributed by atoms with van der Waals surface area (Å²) >= 11 is 0. The zero-order valence-corrected chi connectivity index (χ0v) is 12.6. The molecule has 24 heavy (non-hydrogen) atoms. The lowest BCUT2D eigenvalue weighted by Crippen LogP contribution is -2.48. The van der Waals surface area contributed by atoms with Crippen molar-refractivity contribution < 1.29 is 30.3 Å². The molecule has 1 fully saturated rings. The molecule has 0 bridgehead atoms. The first-order chi connectivity index (χ1) is 11.3. The average molecular weight is 339 g/mol. The van der Waals surface area contributed by atoms with Crippen LogP contribution in [0, 0.1) is 0 Å². The number of nitrogens with zero attached hydrogens (tertiary/aromatic N) is 5. The summed E-state index contributed by atoms with van der Waals surface area (Å²) in [5.41, 5.74) is -1.41. The molecule has 4 heterocycles. The van der Waals surface area contributed by atoms with Gasteiger partial charge in [0.2, 0.25) is 11.7 Å². The second-order valence-electron chi connectivity index (χ2n) is 6.12. The zero-order valence-electron chi connectivity index (χ0n) is 12.6. The van der Waals surface area contributed by atoms with Gasteiger partial charge in [-0.25, -0.2) is 9.98 Å². The highest BCUT2D eigenvalue weighted by Crippen LogP contribution is 2.28. The Morgan fingerprint density at radius 3 is 2.71 bits per heavy atom. The number of hydrogen-bond donors (Lipinski definition) is 5. The van der Waals surface area contributed by atoms with E-state index in [-0.39, 0.29) is 5.96 Å². The number of fused-ring (bicyclic) bond motifs is 2. The first kappa shape index (κ1) is 15.6. The van der Waals surface area contributed by atoms with Gasteiger partial charge in [0.1, 0.15) is 23.7 Å². The van der Waals surface area contributed by atoms with E-state index in [9.17, 15) is 25.5 Å². The summed E-state index contributed by atoms with van der Waals surface area (Å²) in [4.78, 5) is 13.6. The molecule has 130 valence electrons. The molecule has 0 saturated carbocycles. The summed E-state index contributed by atoms with van der Waals surface area (Å²) in [6, 6.07) is 0. The van der Waals surface area contributed by atoms with Gasteiger partial charge in [-0.3, -0.25) is 9.47 Å². The maximum atomic E-state index is 10.1. The van der Waals surface area contributed by atoms with Gasteiger partial charge in [0.15, 0.2) is 17.9 Å². The fourth-order valence-electron chi connectivity index (χ4n) is 3.00. The van der Waals surface area contributed by atoms with Crippen LogP contribution >= 0.6 is 0 Å². The van der Waals surface area contributed by atoms with Gasteiger partial charge in [0.25, 0.3) is 0 Å². The lowest BCUT2D eigenvalue weighted by Gasteiger charge is -2.24. The smallest absolute Gasteiger partial charge is 0.232 e. The van der Waals surface area contributed by atoms with Crippen molar-refractivity contribution in [2.45, 2.75) is 43.4 Å². The van der Waals surface area contributed by atoms with Crippen molar-refractivity contribution in [3.8, 4) is 0 Å². The molecule has 1 aromatic rings. The third kappa shape index (κ3) is 2.03. The number of imidazole rings is 1. The van der Waals surface area contributed by atoms with E-state index in [0.717, 1.165) is 0 Å². The largest absolute Gasteiger partial charge is 0.394 e. The van der Waals surface area contributed by atoms with Crippen LogP contribution < -0.4 is 10.8 Å². The van der Waals surface area contributed by atoms with Crippen LogP contribution in [0.1, 0.15) is 13.2 Å². The van der Waals surface area contributed by atoms with E-state index in [1.165, 1.54) is 28.9 Å². The highest BCUT2D eigenvalue weighted by atomic mass is 16.6. The molecule has 0 aliphatic carbocycles. The zero-order chi connectivity index (χ0) is 17.2. The Morgan fingerprint density at radius 2 is 2.04 bits per heavy atom. The monoisotopic (exact) mass is 339 g/mol. The number of aliphatic imine (C=N–C) groups is 1. The van der Waals surface area contributed by atoms with Crippen LogP contribution in [0.5, 0.6) is 0 Å². The van der Waals surface area contributed by atoms with Crippen molar-refractivity contribution in [2.24, 2.45) is 9.98 Å². The van der Waals surface area contributed by atoms with E-state index in [1.54, 1.807) is 0 Å². The number of rotatable bonds is 2. The molecule has 4 rings (SSSR count). The Kier molecular flexibility index (Phi) is 3.29. The SMILES string of the molecule is CC1(O)N=C2N=c3c(ncn3[C@@H]3O[C@H](CO)[C@@H](O)[C@H]3O)=CN2C1O. The molecule has 11 heteroatoms. The summed E-state index contributed by atoms with van der Waals surface area (Å²) < 4.78 is 6.88. The van der Waals surface area contributed by atoms with E-state index >= 15 is 0 Å². The van der Waals surface area contributed by atoms with Gasteiger partial charge in [-0.2, -0.15) is 4.99 Å². The molecule has 0 amide bonds. The van der Waals surface area contributed by atoms with Gasteiger partial charge in [-0.05, 0) is 6.92 Å². The molecular formula is C13H17N5O6. The van der Waals surface area contributed by atoms with Crippen LogP contribution in [-0.4, -0.2) is 82.8 Å². The quantitative estimate of drug-likeness (QED) is 0.361. The molecule has 0 spiro atoms. The molecular weight excluding hydrogens is 322 g/mol. The maximum absolute atomic E-state index is 10.1. The predicted molar refractivity (Wildman–Crippen MR) is 76.4 cm³/mol. The van der Waals surface area contributed by atoms with Crippen LogP contribution in [0.25, 0.3) is 6.20 Å². The highest BCUT2D eigenvalue weighted by Gasteiger charge is 2.46. The lowest BCUT2D eigenvalue weighted by molar-refractivity contribution is -0.0795. The molecule has 5 N–H and O–H groups in total. The van der Waals surface area contributed by atoms with Crippen molar-refractivity contribution in [3.05, 3.63) is 17.2 Å². The van der Waals surface area contributed by atoms with E-state index in [2.05, 4.69) is 15.0 Å². The summed E-state index contributed by atoms with van der Waals surface area (Å²) in [5.74, 6) is 0.0912. The third-order valence-electron chi connectivity index (χ3n) is 4.36. The second-order valence-corrected chi connectivity index (χ2v) is 6.12. The number of hydrogen-bond acceptors (Lipinski definition) is 10.